The summed E-state index contributed by atoms with van der Waals surface area (Å²) in [5.41, 5.74) is 2.20. The second-order valence-electron chi connectivity index (χ2n) is 6.26. The number of fused-ring (bicyclic) bond motifs is 3. The van der Waals surface area contributed by atoms with Crippen molar-refractivity contribution in [2.45, 2.75) is 32.6 Å². The first-order valence-corrected chi connectivity index (χ1v) is 8.19. The molecule has 3 nitrogen and oxygen atoms in total. The number of hydrogen-bond donors (Lipinski definition) is 1. The smallest absolute Gasteiger partial charge is 0.229 e. The lowest BCUT2D eigenvalue weighted by molar-refractivity contribution is -0.121. The van der Waals surface area contributed by atoms with Crippen molar-refractivity contribution in [1.82, 2.24) is 4.98 Å². The minimum atomic E-state index is 0.188. The van der Waals surface area contributed by atoms with Crippen molar-refractivity contribution in [2.75, 3.05) is 5.32 Å². The van der Waals surface area contributed by atoms with Crippen LogP contribution in [-0.2, 0) is 4.79 Å². The first-order chi connectivity index (χ1) is 9.69. The fourth-order valence-corrected chi connectivity index (χ4v) is 4.82. The van der Waals surface area contributed by atoms with E-state index in [1.54, 1.807) is 11.3 Å². The summed E-state index contributed by atoms with van der Waals surface area (Å²) in [6.07, 6.45) is 4.91. The summed E-state index contributed by atoms with van der Waals surface area (Å²) < 4.78 is 1.15. The van der Waals surface area contributed by atoms with E-state index in [2.05, 4.69) is 29.4 Å². The van der Waals surface area contributed by atoms with Gasteiger partial charge in [-0.25, -0.2) is 4.98 Å². The van der Waals surface area contributed by atoms with Gasteiger partial charge >= 0.3 is 0 Å². The van der Waals surface area contributed by atoms with E-state index in [1.807, 2.05) is 6.07 Å². The van der Waals surface area contributed by atoms with Crippen LogP contribution in [0.25, 0.3) is 10.2 Å². The number of aryl methyl sites for hydroxylation is 1. The van der Waals surface area contributed by atoms with Gasteiger partial charge in [0.05, 0.1) is 10.2 Å². The highest BCUT2D eigenvalue weighted by molar-refractivity contribution is 7.22. The predicted molar refractivity (Wildman–Crippen MR) is 81.9 cm³/mol. The van der Waals surface area contributed by atoms with Gasteiger partial charge in [-0.05, 0) is 55.7 Å². The molecule has 2 fully saturated rings. The Kier molecular flexibility index (Phi) is 2.81. The van der Waals surface area contributed by atoms with Crippen LogP contribution in [0.2, 0.25) is 0 Å². The van der Waals surface area contributed by atoms with Crippen molar-refractivity contribution < 1.29 is 4.79 Å². The molecule has 2 aliphatic carbocycles. The van der Waals surface area contributed by atoms with E-state index in [1.165, 1.54) is 24.8 Å². The number of rotatable bonds is 2. The van der Waals surface area contributed by atoms with Gasteiger partial charge in [0, 0.05) is 5.92 Å². The summed E-state index contributed by atoms with van der Waals surface area (Å²) >= 11 is 1.58. The third kappa shape index (κ3) is 2.03. The third-order valence-corrected chi connectivity index (χ3v) is 5.78. The lowest BCUT2D eigenvalue weighted by Gasteiger charge is -2.19. The van der Waals surface area contributed by atoms with E-state index < -0.39 is 0 Å². The highest BCUT2D eigenvalue weighted by Crippen LogP contribution is 2.48. The Morgan fingerprint density at radius 3 is 3.00 bits per heavy atom. The quantitative estimate of drug-likeness (QED) is 0.907. The van der Waals surface area contributed by atoms with Crippen LogP contribution in [-0.4, -0.2) is 10.9 Å². The topological polar surface area (TPSA) is 42.0 Å². The van der Waals surface area contributed by atoms with Gasteiger partial charge in [-0.2, -0.15) is 0 Å². The van der Waals surface area contributed by atoms with Crippen molar-refractivity contribution in [3.63, 3.8) is 0 Å². The van der Waals surface area contributed by atoms with E-state index >= 15 is 0 Å². The zero-order chi connectivity index (χ0) is 13.7. The van der Waals surface area contributed by atoms with Crippen LogP contribution in [0.3, 0.4) is 0 Å². The Morgan fingerprint density at radius 2 is 2.25 bits per heavy atom. The maximum Gasteiger partial charge on any atom is 0.229 e. The van der Waals surface area contributed by atoms with Gasteiger partial charge < -0.3 is 5.32 Å². The van der Waals surface area contributed by atoms with Crippen LogP contribution >= 0.6 is 11.3 Å². The molecule has 3 atom stereocenters. The van der Waals surface area contributed by atoms with Crippen molar-refractivity contribution in [2.24, 2.45) is 17.8 Å². The van der Waals surface area contributed by atoms with Crippen LogP contribution in [0, 0.1) is 24.7 Å². The number of hydrogen-bond acceptors (Lipinski definition) is 3. The minimum absolute atomic E-state index is 0.188. The van der Waals surface area contributed by atoms with Crippen LogP contribution in [0.1, 0.15) is 31.2 Å². The van der Waals surface area contributed by atoms with Gasteiger partial charge in [0.15, 0.2) is 5.13 Å². The summed E-state index contributed by atoms with van der Waals surface area (Å²) in [7, 11) is 0. The van der Waals surface area contributed by atoms with E-state index in [4.69, 9.17) is 0 Å². The first kappa shape index (κ1) is 12.3. The SMILES string of the molecule is Cc1ccc2nc(NC(=O)[C@H]3C[C@@H]4CC[C@H]3C4)sc2c1. The largest absolute Gasteiger partial charge is 0.302 e. The lowest BCUT2D eigenvalue weighted by atomic mass is 9.88. The monoisotopic (exact) mass is 286 g/mol. The molecular weight excluding hydrogens is 268 g/mol. The lowest BCUT2D eigenvalue weighted by Crippen LogP contribution is -2.27. The van der Waals surface area contributed by atoms with Crippen molar-refractivity contribution >= 4 is 32.6 Å². The molecule has 4 heteroatoms. The number of amides is 1. The van der Waals surface area contributed by atoms with Gasteiger partial charge in [0.1, 0.15) is 0 Å². The Balaban J connectivity index is 1.53. The molecule has 2 aliphatic rings. The molecule has 0 saturated heterocycles. The number of thiazole rings is 1. The standard InChI is InChI=1S/C16H18N2OS/c1-9-2-5-13-14(6-9)20-16(17-13)18-15(19)12-8-10-3-4-11(12)7-10/h2,5-6,10-12H,3-4,7-8H2,1H3,(H,17,18,19)/t10-,11+,12+/m1/s1. The molecule has 1 aromatic heterocycles. The molecule has 1 amide bonds. The summed E-state index contributed by atoms with van der Waals surface area (Å²) in [5, 5.41) is 3.79. The molecule has 0 aliphatic heterocycles. The Bertz CT molecular complexity index is 678. The predicted octanol–water partition coefficient (Wildman–Crippen LogP) is 3.98. The summed E-state index contributed by atoms with van der Waals surface area (Å²) in [5.74, 6) is 1.83. The third-order valence-electron chi connectivity index (χ3n) is 4.85. The average Bonchev–Trinajstić information content (AvgIpc) is 3.11. The molecule has 2 saturated carbocycles. The molecule has 0 radical (unpaired) electrons. The Labute approximate surface area is 122 Å². The molecular formula is C16H18N2OS. The summed E-state index contributed by atoms with van der Waals surface area (Å²) in [4.78, 5) is 16.9. The number of aromatic nitrogens is 1. The Hall–Kier alpha value is -1.42. The van der Waals surface area contributed by atoms with Gasteiger partial charge in [0.25, 0.3) is 0 Å². The average molecular weight is 286 g/mol. The van der Waals surface area contributed by atoms with Gasteiger partial charge in [-0.1, -0.05) is 23.8 Å². The highest BCUT2D eigenvalue weighted by atomic mass is 32.1. The molecule has 2 bridgehead atoms. The fraction of sp³-hybridized carbons (Fsp3) is 0.500. The molecule has 4 rings (SSSR count). The van der Waals surface area contributed by atoms with E-state index in [0.717, 1.165) is 27.7 Å². The molecule has 1 N–H and O–H groups in total. The summed E-state index contributed by atoms with van der Waals surface area (Å²) in [6.45, 7) is 2.08. The van der Waals surface area contributed by atoms with Crippen LogP contribution in [0.4, 0.5) is 5.13 Å². The van der Waals surface area contributed by atoms with Crippen molar-refractivity contribution in [1.29, 1.82) is 0 Å². The normalized spacial score (nSPS) is 28.1. The Morgan fingerprint density at radius 1 is 1.35 bits per heavy atom. The number of nitrogens with zero attached hydrogens (tertiary/aromatic N) is 1. The minimum Gasteiger partial charge on any atom is -0.302 e. The molecule has 1 aromatic carbocycles. The van der Waals surface area contributed by atoms with E-state index in [-0.39, 0.29) is 11.8 Å². The van der Waals surface area contributed by atoms with Crippen LogP contribution in [0.15, 0.2) is 18.2 Å². The number of carbonyl (C=O) groups is 1. The highest BCUT2D eigenvalue weighted by Gasteiger charge is 2.43. The molecule has 104 valence electrons. The molecule has 20 heavy (non-hydrogen) atoms. The van der Waals surface area contributed by atoms with Crippen molar-refractivity contribution in [3.8, 4) is 0 Å². The second kappa shape index (κ2) is 4.55. The second-order valence-corrected chi connectivity index (χ2v) is 7.29. The fourth-order valence-electron chi connectivity index (χ4n) is 3.85. The maximum absolute atomic E-state index is 12.4. The van der Waals surface area contributed by atoms with Gasteiger partial charge in [0.2, 0.25) is 5.91 Å². The van der Waals surface area contributed by atoms with E-state index in [0.29, 0.717) is 5.92 Å². The van der Waals surface area contributed by atoms with Crippen LogP contribution < -0.4 is 5.32 Å². The zero-order valence-electron chi connectivity index (χ0n) is 11.6. The van der Waals surface area contributed by atoms with E-state index in [9.17, 15) is 4.79 Å². The number of nitrogens with one attached hydrogen (secondary N) is 1. The van der Waals surface area contributed by atoms with Crippen LogP contribution in [0.5, 0.6) is 0 Å². The molecule has 1 heterocycles. The zero-order valence-corrected chi connectivity index (χ0v) is 12.4. The molecule has 0 unspecified atom stereocenters. The number of carbonyl (C=O) groups excluding carboxylic acids is 1. The number of benzene rings is 1. The first-order valence-electron chi connectivity index (χ1n) is 7.37. The summed E-state index contributed by atoms with van der Waals surface area (Å²) in [6, 6.07) is 6.21. The van der Waals surface area contributed by atoms with Gasteiger partial charge in [-0.3, -0.25) is 4.79 Å². The van der Waals surface area contributed by atoms with Gasteiger partial charge in [-0.15, -0.1) is 0 Å². The molecule has 0 spiro atoms. The maximum atomic E-state index is 12.4. The molecule has 2 aromatic rings. The van der Waals surface area contributed by atoms with Crippen molar-refractivity contribution in [3.05, 3.63) is 23.8 Å². The number of anilines is 1.